The molecule has 0 amide bonds. The molecule has 2 aliphatic rings. The maximum atomic E-state index is 12.8. The summed E-state index contributed by atoms with van der Waals surface area (Å²) in [6.07, 6.45) is 1.03. The van der Waals surface area contributed by atoms with Crippen molar-refractivity contribution in [1.29, 1.82) is 0 Å². The van der Waals surface area contributed by atoms with Crippen LogP contribution in [0.25, 0.3) is 0 Å². The van der Waals surface area contributed by atoms with Crippen molar-refractivity contribution in [3.8, 4) is 0 Å². The van der Waals surface area contributed by atoms with Crippen molar-refractivity contribution in [1.82, 2.24) is 9.21 Å². The second kappa shape index (κ2) is 6.48. The average Bonchev–Trinajstić information content (AvgIpc) is 3.21. The molecule has 0 bridgehead atoms. The molecule has 9 heteroatoms. The Morgan fingerprint density at radius 2 is 2.00 bits per heavy atom. The molecule has 0 atom stereocenters. The summed E-state index contributed by atoms with van der Waals surface area (Å²) in [5.74, 6) is -0.605. The number of hydrogen-bond donors (Lipinski definition) is 0. The monoisotopic (exact) mass is 398 g/mol. The van der Waals surface area contributed by atoms with Crippen LogP contribution in [0.4, 0.5) is 0 Å². The molecule has 4 heterocycles. The highest BCUT2D eigenvalue weighted by Crippen LogP contribution is 2.32. The van der Waals surface area contributed by atoms with Crippen molar-refractivity contribution < 1.29 is 17.9 Å². The zero-order valence-electron chi connectivity index (χ0n) is 13.7. The number of hydrogen-bond acceptors (Lipinski definition) is 7. The van der Waals surface area contributed by atoms with Gasteiger partial charge in [0.1, 0.15) is 9.77 Å². The summed E-state index contributed by atoms with van der Waals surface area (Å²) < 4.78 is 31.8. The molecule has 2 aromatic heterocycles. The molecule has 0 radical (unpaired) electrons. The summed E-state index contributed by atoms with van der Waals surface area (Å²) >= 11 is 2.89. The summed E-state index contributed by atoms with van der Waals surface area (Å²) in [6, 6.07) is 3.88. The first-order valence-electron chi connectivity index (χ1n) is 7.96. The lowest BCUT2D eigenvalue weighted by molar-refractivity contribution is 0.0600. The Kier molecular flexibility index (Phi) is 4.45. The zero-order valence-corrected chi connectivity index (χ0v) is 16.1. The summed E-state index contributed by atoms with van der Waals surface area (Å²) in [7, 11) is -2.39. The molecule has 1 fully saturated rings. The van der Waals surface area contributed by atoms with E-state index in [0.717, 1.165) is 30.8 Å². The summed E-state index contributed by atoms with van der Waals surface area (Å²) in [5.41, 5.74) is 1.36. The molecule has 0 unspecified atom stereocenters. The van der Waals surface area contributed by atoms with Gasteiger partial charge >= 0.3 is 5.97 Å². The first kappa shape index (κ1) is 17.2. The first-order chi connectivity index (χ1) is 12.0. The second-order valence-corrected chi connectivity index (χ2v) is 9.99. The number of carbonyl (C=O) groups is 1. The number of ether oxygens (including phenoxy) is 1. The lowest BCUT2D eigenvalue weighted by atomic mass is 10.0. The van der Waals surface area contributed by atoms with E-state index in [-0.39, 0.29) is 15.8 Å². The minimum absolute atomic E-state index is 0.0570. The Balaban J connectivity index is 1.45. The number of fused-ring (bicyclic) bond motifs is 1. The molecule has 0 N–H and O–H groups in total. The summed E-state index contributed by atoms with van der Waals surface area (Å²) in [6.45, 7) is 2.80. The topological polar surface area (TPSA) is 66.9 Å². The second-order valence-electron chi connectivity index (χ2n) is 6.17. The van der Waals surface area contributed by atoms with Gasteiger partial charge in [0.05, 0.1) is 7.11 Å². The third-order valence-corrected chi connectivity index (χ3v) is 8.72. The number of esters is 1. The van der Waals surface area contributed by atoms with Crippen molar-refractivity contribution in [2.45, 2.75) is 23.9 Å². The molecule has 0 aliphatic carbocycles. The molecule has 4 rings (SSSR count). The van der Waals surface area contributed by atoms with Crippen LogP contribution in [-0.2, 0) is 27.7 Å². The first-order valence-corrected chi connectivity index (χ1v) is 11.2. The smallest absolute Gasteiger partial charge is 0.349 e. The molecular formula is C16H18N2O4S3. The number of carbonyl (C=O) groups excluding carboxylic acids is 1. The van der Waals surface area contributed by atoms with Gasteiger partial charge in [-0.25, -0.2) is 13.2 Å². The molecule has 2 aromatic rings. The van der Waals surface area contributed by atoms with E-state index >= 15 is 0 Å². The van der Waals surface area contributed by atoms with Crippen LogP contribution >= 0.6 is 22.7 Å². The van der Waals surface area contributed by atoms with E-state index in [4.69, 9.17) is 0 Å². The third kappa shape index (κ3) is 2.93. The van der Waals surface area contributed by atoms with E-state index in [1.807, 2.05) is 0 Å². The highest BCUT2D eigenvalue weighted by atomic mass is 32.2. The molecule has 2 aliphatic heterocycles. The van der Waals surface area contributed by atoms with Gasteiger partial charge in [-0.15, -0.1) is 22.7 Å². The van der Waals surface area contributed by atoms with Gasteiger partial charge in [0.15, 0.2) is 0 Å². The predicted octanol–water partition coefficient (Wildman–Crippen LogP) is 2.03. The zero-order chi connectivity index (χ0) is 17.6. The fourth-order valence-electron chi connectivity index (χ4n) is 3.31. The number of rotatable bonds is 4. The van der Waals surface area contributed by atoms with E-state index in [1.54, 1.807) is 16.7 Å². The summed E-state index contributed by atoms with van der Waals surface area (Å²) in [4.78, 5) is 15.8. The van der Waals surface area contributed by atoms with Crippen molar-refractivity contribution >= 4 is 38.7 Å². The molecule has 25 heavy (non-hydrogen) atoms. The maximum Gasteiger partial charge on any atom is 0.349 e. The highest BCUT2D eigenvalue weighted by molar-refractivity contribution is 7.89. The molecular weight excluding hydrogens is 380 g/mol. The van der Waals surface area contributed by atoms with E-state index in [2.05, 4.69) is 21.1 Å². The lowest BCUT2D eigenvalue weighted by Gasteiger charge is -2.45. The van der Waals surface area contributed by atoms with Crippen LogP contribution in [0.3, 0.4) is 0 Å². The Morgan fingerprint density at radius 1 is 1.24 bits per heavy atom. The molecule has 0 aromatic carbocycles. The van der Waals surface area contributed by atoms with Crippen LogP contribution in [0.5, 0.6) is 0 Å². The van der Waals surface area contributed by atoms with Gasteiger partial charge in [0.2, 0.25) is 10.0 Å². The fourth-order valence-corrected chi connectivity index (χ4v) is 7.02. The van der Waals surface area contributed by atoms with Gasteiger partial charge in [-0.05, 0) is 34.9 Å². The Morgan fingerprint density at radius 3 is 2.76 bits per heavy atom. The number of sulfonamides is 1. The summed E-state index contributed by atoms with van der Waals surface area (Å²) in [5, 5.41) is 3.73. The van der Waals surface area contributed by atoms with E-state index < -0.39 is 16.0 Å². The lowest BCUT2D eigenvalue weighted by Crippen LogP contribution is -2.61. The van der Waals surface area contributed by atoms with Gasteiger partial charge in [-0.2, -0.15) is 4.31 Å². The van der Waals surface area contributed by atoms with Crippen LogP contribution < -0.4 is 0 Å². The van der Waals surface area contributed by atoms with E-state index in [1.165, 1.54) is 27.9 Å². The SMILES string of the molecule is COC(=O)c1sccc1S(=O)(=O)N1CC(N2CCc3sccc3C2)C1. The van der Waals surface area contributed by atoms with Gasteiger partial charge in [0, 0.05) is 37.1 Å². The van der Waals surface area contributed by atoms with Crippen molar-refractivity contribution in [3.05, 3.63) is 38.2 Å². The number of thiophene rings is 2. The normalized spacial score (nSPS) is 19.4. The van der Waals surface area contributed by atoms with Crippen LogP contribution in [-0.4, -0.2) is 56.4 Å². The van der Waals surface area contributed by atoms with Gasteiger partial charge in [-0.1, -0.05) is 0 Å². The highest BCUT2D eigenvalue weighted by Gasteiger charge is 2.42. The number of methoxy groups -OCH3 is 1. The largest absolute Gasteiger partial charge is 0.465 e. The minimum Gasteiger partial charge on any atom is -0.465 e. The standard InChI is InChI=1S/C16H18N2O4S3/c1-22-16(19)15-14(4-7-24-15)25(20,21)18-9-12(10-18)17-5-2-13-11(8-17)3-6-23-13/h3-4,6-7,12H,2,5,8-10H2,1H3. The predicted molar refractivity (Wildman–Crippen MR) is 96.6 cm³/mol. The Bertz CT molecular complexity index is 896. The van der Waals surface area contributed by atoms with Crippen LogP contribution in [0.2, 0.25) is 0 Å². The van der Waals surface area contributed by atoms with Gasteiger partial charge in [-0.3, -0.25) is 4.90 Å². The van der Waals surface area contributed by atoms with Gasteiger partial charge in [0.25, 0.3) is 0 Å². The van der Waals surface area contributed by atoms with E-state index in [9.17, 15) is 13.2 Å². The third-order valence-electron chi connectivity index (χ3n) is 4.80. The number of nitrogens with zero attached hydrogens (tertiary/aromatic N) is 2. The molecule has 0 saturated carbocycles. The van der Waals surface area contributed by atoms with Crippen molar-refractivity contribution in [2.75, 3.05) is 26.7 Å². The quantitative estimate of drug-likeness (QED) is 0.738. The van der Waals surface area contributed by atoms with Crippen LogP contribution in [0.1, 0.15) is 20.1 Å². The molecule has 0 spiro atoms. The Labute approximate surface area is 154 Å². The molecule has 1 saturated heterocycles. The molecule has 6 nitrogen and oxygen atoms in total. The average molecular weight is 399 g/mol. The van der Waals surface area contributed by atoms with E-state index in [0.29, 0.717) is 13.1 Å². The van der Waals surface area contributed by atoms with Gasteiger partial charge < -0.3 is 4.74 Å². The maximum absolute atomic E-state index is 12.8. The van der Waals surface area contributed by atoms with Crippen molar-refractivity contribution in [3.63, 3.8) is 0 Å². The minimum atomic E-state index is -3.65. The molecule has 134 valence electrons. The van der Waals surface area contributed by atoms with Crippen LogP contribution in [0.15, 0.2) is 27.8 Å². The van der Waals surface area contributed by atoms with Crippen LogP contribution in [0, 0.1) is 0 Å². The Hall–Kier alpha value is -1.26. The van der Waals surface area contributed by atoms with Crippen molar-refractivity contribution in [2.24, 2.45) is 0 Å². The fraction of sp³-hybridized carbons (Fsp3) is 0.438.